The van der Waals surface area contributed by atoms with E-state index in [1.54, 1.807) is 46.2 Å². The number of fused-ring (bicyclic) bond motifs is 4. The number of nitrogen functional groups attached to an aromatic ring is 1. The Bertz CT molecular complexity index is 1930. The molecule has 5 aromatic rings. The monoisotopic (exact) mass is 682 g/mol. The molecule has 10 nitrogen and oxygen atoms in total. The molecule has 0 atom stereocenters. The second kappa shape index (κ2) is 13.2. The van der Waals surface area contributed by atoms with Crippen molar-refractivity contribution in [2.24, 2.45) is 0 Å². The maximum Gasteiger partial charge on any atom is 0.415 e. The number of nitrogens with one attached hydrogen (secondary N) is 2. The predicted octanol–water partition coefficient (Wildman–Crippen LogP) is 6.12. The third-order valence-corrected chi connectivity index (χ3v) is 8.46. The number of likely N-dealkylation sites (N-methyl/N-ethyl adjacent to an activating group) is 1. The first-order chi connectivity index (χ1) is 22.3. The Kier molecular flexibility index (Phi) is 8.96. The summed E-state index contributed by atoms with van der Waals surface area (Å²) in [7, 11) is 2.04. The highest BCUT2D eigenvalue weighted by molar-refractivity contribution is 9.08. The van der Waals surface area contributed by atoms with Crippen molar-refractivity contribution >= 4 is 72.6 Å². The summed E-state index contributed by atoms with van der Waals surface area (Å²) >= 11 is 2.94. The molecule has 7 rings (SSSR count). The number of anilines is 3. The third kappa shape index (κ3) is 6.16. The summed E-state index contributed by atoms with van der Waals surface area (Å²) in [6, 6.07) is 23.6. The van der Waals surface area contributed by atoms with E-state index in [2.05, 4.69) is 31.1 Å². The third-order valence-electron chi connectivity index (χ3n) is 8.46. The van der Waals surface area contributed by atoms with Crippen molar-refractivity contribution in [1.29, 1.82) is 0 Å². The maximum absolute atomic E-state index is 13.9. The summed E-state index contributed by atoms with van der Waals surface area (Å²) in [4.78, 5) is 48.6. The van der Waals surface area contributed by atoms with Crippen LogP contribution < -0.4 is 20.7 Å². The summed E-state index contributed by atoms with van der Waals surface area (Å²) in [6.07, 6.45) is 0.310. The summed E-state index contributed by atoms with van der Waals surface area (Å²) in [5, 5.41) is 5.52. The molecule has 4 N–H and O–H groups in total. The lowest BCUT2D eigenvalue weighted by Crippen LogP contribution is -2.48. The van der Waals surface area contributed by atoms with Gasteiger partial charge in [-0.2, -0.15) is 0 Å². The molecular weight excluding hydrogens is 648 g/mol. The van der Waals surface area contributed by atoms with Gasteiger partial charge < -0.3 is 35.5 Å². The van der Waals surface area contributed by atoms with Gasteiger partial charge in [0, 0.05) is 72.0 Å². The molecule has 0 unspecified atom stereocenters. The van der Waals surface area contributed by atoms with Crippen LogP contribution in [0.25, 0.3) is 21.7 Å². The minimum Gasteiger partial charge on any atom is -0.409 e. The fourth-order valence-corrected chi connectivity index (χ4v) is 5.99. The van der Waals surface area contributed by atoms with Gasteiger partial charge in [0.05, 0.1) is 5.69 Å². The number of hydrogen-bond acceptors (Lipinski definition) is 6. The van der Waals surface area contributed by atoms with Crippen molar-refractivity contribution in [2.45, 2.75) is 6.42 Å². The molecule has 1 aromatic heterocycles. The minimum atomic E-state index is -0.381. The van der Waals surface area contributed by atoms with E-state index in [0.29, 0.717) is 54.4 Å². The number of halogens is 1. The number of alkyl halides is 1. The first-order valence-corrected chi connectivity index (χ1v) is 16.6. The van der Waals surface area contributed by atoms with E-state index in [9.17, 15) is 14.4 Å². The van der Waals surface area contributed by atoms with E-state index in [4.69, 9.17) is 10.5 Å². The first kappa shape index (κ1) is 31.1. The number of nitrogens with zero attached hydrogens (tertiary/aromatic N) is 3. The Labute approximate surface area is 275 Å². The zero-order valence-corrected chi connectivity index (χ0v) is 27.3. The van der Waals surface area contributed by atoms with Gasteiger partial charge in [0.1, 0.15) is 11.4 Å². The van der Waals surface area contributed by atoms with Gasteiger partial charge in [0.2, 0.25) is 0 Å². The topological polar surface area (TPSA) is 124 Å². The van der Waals surface area contributed by atoms with E-state index in [1.165, 1.54) is 0 Å². The number of H-pyrrole nitrogens is 1. The quantitative estimate of drug-likeness (QED) is 0.155. The summed E-state index contributed by atoms with van der Waals surface area (Å²) in [6.45, 7) is 3.31. The molecule has 0 radical (unpaired) electrons. The van der Waals surface area contributed by atoms with E-state index < -0.39 is 0 Å². The van der Waals surface area contributed by atoms with Crippen LogP contribution in [0.3, 0.4) is 0 Å². The lowest BCUT2D eigenvalue weighted by Gasteiger charge is -2.31. The smallest absolute Gasteiger partial charge is 0.409 e. The molecule has 0 saturated carbocycles. The van der Waals surface area contributed by atoms with Crippen molar-refractivity contribution in [3.05, 3.63) is 95.7 Å². The van der Waals surface area contributed by atoms with Crippen molar-refractivity contribution in [3.8, 4) is 5.75 Å². The second-order valence-electron chi connectivity index (χ2n) is 11.3. The number of aromatic amines is 1. The Balaban J connectivity index is 0.00000182. The maximum atomic E-state index is 13.9. The molecule has 0 bridgehead atoms. The number of rotatable bonds is 4. The van der Waals surface area contributed by atoms with Crippen LogP contribution in [0.5, 0.6) is 5.75 Å². The molecule has 1 saturated heterocycles. The molecule has 2 aliphatic heterocycles. The zero-order chi connectivity index (χ0) is 32.4. The van der Waals surface area contributed by atoms with Crippen molar-refractivity contribution in [2.75, 3.05) is 61.6 Å². The van der Waals surface area contributed by atoms with Gasteiger partial charge in [-0.3, -0.25) is 9.59 Å². The normalized spacial score (nSPS) is 14.5. The summed E-state index contributed by atoms with van der Waals surface area (Å²) in [5.74, 6) is 1.83. The molecule has 3 heterocycles. The van der Waals surface area contributed by atoms with Gasteiger partial charge in [-0.1, -0.05) is 40.2 Å². The van der Waals surface area contributed by atoms with E-state index in [1.807, 2.05) is 55.3 Å². The summed E-state index contributed by atoms with van der Waals surface area (Å²) < 4.78 is 5.97. The van der Waals surface area contributed by atoms with Crippen molar-refractivity contribution in [1.82, 2.24) is 14.8 Å². The Morgan fingerprint density at radius 2 is 1.59 bits per heavy atom. The van der Waals surface area contributed by atoms with Crippen LogP contribution in [-0.2, 0) is 6.42 Å². The predicted molar refractivity (Wildman–Crippen MR) is 186 cm³/mol. The molecule has 4 aromatic carbocycles. The Hall–Kier alpha value is -4.87. The molecule has 11 heteroatoms. The molecule has 0 spiro atoms. The van der Waals surface area contributed by atoms with E-state index in [0.717, 1.165) is 46.0 Å². The Morgan fingerprint density at radius 1 is 0.870 bits per heavy atom. The lowest BCUT2D eigenvalue weighted by atomic mass is 10.0. The van der Waals surface area contributed by atoms with Gasteiger partial charge in [-0.25, -0.2) is 4.79 Å². The number of amides is 3. The van der Waals surface area contributed by atoms with Crippen molar-refractivity contribution in [3.63, 3.8) is 0 Å². The number of hydrogen-bond donors (Lipinski definition) is 3. The van der Waals surface area contributed by atoms with E-state index >= 15 is 0 Å². The highest BCUT2D eigenvalue weighted by Gasteiger charge is 2.30. The number of ether oxygens (including phenoxy) is 1. The molecular formula is C35H35BrN6O4. The number of carbonyl (C=O) groups excluding carboxylic acids is 3. The van der Waals surface area contributed by atoms with Crippen LogP contribution in [-0.4, -0.2) is 78.3 Å². The van der Waals surface area contributed by atoms with Gasteiger partial charge in [-0.05, 0) is 78.8 Å². The largest absolute Gasteiger partial charge is 0.415 e. The minimum absolute atomic E-state index is 0.181. The van der Waals surface area contributed by atoms with Crippen molar-refractivity contribution < 1.29 is 19.1 Å². The average molecular weight is 684 g/mol. The van der Waals surface area contributed by atoms with E-state index in [-0.39, 0.29) is 17.9 Å². The van der Waals surface area contributed by atoms with Gasteiger partial charge in [0.25, 0.3) is 11.8 Å². The van der Waals surface area contributed by atoms with Gasteiger partial charge in [-0.15, -0.1) is 0 Å². The van der Waals surface area contributed by atoms with Gasteiger partial charge >= 0.3 is 6.09 Å². The average Bonchev–Trinajstić information content (AvgIpc) is 3.70. The number of aromatic nitrogens is 1. The molecule has 0 aliphatic carbocycles. The standard InChI is InChI=1S/C34H32N6O4.CH3Br/c1-38-14-16-39(17-15-38)34(43)44-31-20-30-26(25-4-2-3-5-27(25)31)12-13-40(30)33(42)29-19-22-18-24(10-11-28(22)37-29)36-32(41)21-6-8-23(35)9-7-21;1-2/h2-11,18-20,37H,12-17,35H2,1H3,(H,36,41);1H3. The van der Waals surface area contributed by atoms with Crippen LogP contribution in [0, 0.1) is 0 Å². The number of carbonyl (C=O) groups is 3. The summed E-state index contributed by atoms with van der Waals surface area (Å²) in [5.41, 5.74) is 10.4. The first-order valence-electron chi connectivity index (χ1n) is 15.0. The SMILES string of the molecule is CBr.CN1CCN(C(=O)Oc2cc3c(c4ccccc24)CCN3C(=O)c2cc3cc(NC(=O)c4ccc(N)cc4)ccc3[nH]2)CC1. The van der Waals surface area contributed by atoms with Crippen LogP contribution >= 0.6 is 15.9 Å². The Morgan fingerprint density at radius 3 is 2.33 bits per heavy atom. The second-order valence-corrected chi connectivity index (χ2v) is 11.3. The van der Waals surface area contributed by atoms with Gasteiger partial charge in [0.15, 0.2) is 0 Å². The number of nitrogens with two attached hydrogens (primary N) is 1. The molecule has 236 valence electrons. The van der Waals surface area contributed by atoms with Crippen LogP contribution in [0.1, 0.15) is 26.4 Å². The van der Waals surface area contributed by atoms with Crippen LogP contribution in [0.2, 0.25) is 0 Å². The zero-order valence-electron chi connectivity index (χ0n) is 25.7. The number of piperazine rings is 1. The van der Waals surface area contributed by atoms with Crippen LogP contribution in [0.4, 0.5) is 21.9 Å². The highest BCUT2D eigenvalue weighted by Crippen LogP contribution is 2.41. The molecule has 1 fully saturated rings. The van der Waals surface area contributed by atoms with Crippen LogP contribution in [0.15, 0.2) is 78.9 Å². The fraction of sp³-hybridized carbons (Fsp3) is 0.229. The highest BCUT2D eigenvalue weighted by atomic mass is 79.9. The number of benzene rings is 4. The molecule has 3 amide bonds. The molecule has 46 heavy (non-hydrogen) atoms. The lowest BCUT2D eigenvalue weighted by molar-refractivity contribution is 0.0984. The fourth-order valence-electron chi connectivity index (χ4n) is 5.99. The molecule has 2 aliphatic rings.